The number of rotatable bonds is 15. The Morgan fingerprint density at radius 3 is 1.87 bits per heavy atom. The third-order valence-electron chi connectivity index (χ3n) is 4.03. The summed E-state index contributed by atoms with van der Waals surface area (Å²) in [5.74, 6) is -0.789. The van der Waals surface area contributed by atoms with E-state index in [4.69, 9.17) is 5.11 Å². The van der Waals surface area contributed by atoms with Crippen LogP contribution in [0, 0.1) is 0 Å². The molecule has 0 heterocycles. The Labute approximate surface area is 141 Å². The molecule has 0 aliphatic heterocycles. The standard InChI is InChI=1S/C18H35NO4/c1-3-4-5-6-7-8-9-10-11-12-13-19(14-15-20)17(21)16-18(22)23-2/h20H,3-16H2,1-2H3. The van der Waals surface area contributed by atoms with Crippen molar-refractivity contribution in [2.24, 2.45) is 0 Å². The van der Waals surface area contributed by atoms with E-state index >= 15 is 0 Å². The van der Waals surface area contributed by atoms with Crippen molar-refractivity contribution in [2.45, 2.75) is 77.6 Å². The molecule has 0 fully saturated rings. The monoisotopic (exact) mass is 329 g/mol. The Morgan fingerprint density at radius 1 is 0.870 bits per heavy atom. The lowest BCUT2D eigenvalue weighted by Gasteiger charge is -2.21. The molecule has 0 aliphatic rings. The highest BCUT2D eigenvalue weighted by atomic mass is 16.5. The van der Waals surface area contributed by atoms with Gasteiger partial charge in [0.2, 0.25) is 5.91 Å². The lowest BCUT2D eigenvalue weighted by atomic mass is 10.1. The van der Waals surface area contributed by atoms with E-state index < -0.39 is 5.97 Å². The zero-order valence-corrected chi connectivity index (χ0v) is 15.0. The van der Waals surface area contributed by atoms with Gasteiger partial charge in [0.05, 0.1) is 13.7 Å². The number of aliphatic hydroxyl groups excluding tert-OH is 1. The highest BCUT2D eigenvalue weighted by Gasteiger charge is 2.16. The zero-order chi connectivity index (χ0) is 17.3. The molecule has 0 aromatic heterocycles. The Hall–Kier alpha value is -1.10. The third kappa shape index (κ3) is 13.1. The topological polar surface area (TPSA) is 66.8 Å². The van der Waals surface area contributed by atoms with Crippen molar-refractivity contribution in [3.8, 4) is 0 Å². The number of unbranched alkanes of at least 4 members (excludes halogenated alkanes) is 9. The van der Waals surface area contributed by atoms with Crippen LogP contribution in [0.2, 0.25) is 0 Å². The van der Waals surface area contributed by atoms with Gasteiger partial charge in [-0.1, -0.05) is 64.7 Å². The van der Waals surface area contributed by atoms with Gasteiger partial charge in [-0.2, -0.15) is 0 Å². The number of carbonyl (C=O) groups is 2. The van der Waals surface area contributed by atoms with E-state index in [0.717, 1.165) is 12.8 Å². The highest BCUT2D eigenvalue weighted by Crippen LogP contribution is 2.11. The van der Waals surface area contributed by atoms with Crippen LogP contribution >= 0.6 is 0 Å². The Bertz CT molecular complexity index is 307. The molecule has 23 heavy (non-hydrogen) atoms. The second-order valence-corrected chi connectivity index (χ2v) is 6.04. The highest BCUT2D eigenvalue weighted by molar-refractivity contribution is 5.94. The summed E-state index contributed by atoms with van der Waals surface area (Å²) in [7, 11) is 1.27. The first-order valence-electron chi connectivity index (χ1n) is 9.11. The van der Waals surface area contributed by atoms with Gasteiger partial charge < -0.3 is 14.7 Å². The van der Waals surface area contributed by atoms with Crippen LogP contribution in [0.3, 0.4) is 0 Å². The summed E-state index contributed by atoms with van der Waals surface area (Å²) < 4.78 is 4.51. The summed E-state index contributed by atoms with van der Waals surface area (Å²) in [6, 6.07) is 0. The molecule has 1 amide bonds. The molecule has 0 atom stereocenters. The summed E-state index contributed by atoms with van der Waals surface area (Å²) in [4.78, 5) is 24.6. The first-order valence-corrected chi connectivity index (χ1v) is 9.11. The zero-order valence-electron chi connectivity index (χ0n) is 15.0. The molecule has 5 nitrogen and oxygen atoms in total. The van der Waals surface area contributed by atoms with Crippen LogP contribution in [0.1, 0.15) is 77.6 Å². The van der Waals surface area contributed by atoms with Crippen molar-refractivity contribution < 1.29 is 19.4 Å². The minimum atomic E-state index is -0.527. The van der Waals surface area contributed by atoms with Crippen molar-refractivity contribution in [1.29, 1.82) is 0 Å². The molecule has 5 heteroatoms. The maximum absolute atomic E-state index is 11.9. The third-order valence-corrected chi connectivity index (χ3v) is 4.03. The summed E-state index contributed by atoms with van der Waals surface area (Å²) in [5.41, 5.74) is 0. The van der Waals surface area contributed by atoms with E-state index in [-0.39, 0.29) is 25.5 Å². The summed E-state index contributed by atoms with van der Waals surface area (Å²) >= 11 is 0. The molecular formula is C18H35NO4. The van der Waals surface area contributed by atoms with Gasteiger partial charge in [-0.05, 0) is 6.42 Å². The number of aliphatic hydroxyl groups is 1. The molecule has 0 spiro atoms. The van der Waals surface area contributed by atoms with E-state index in [9.17, 15) is 9.59 Å². The van der Waals surface area contributed by atoms with E-state index in [2.05, 4.69) is 11.7 Å². The molecule has 0 radical (unpaired) electrons. The Morgan fingerprint density at radius 2 is 1.39 bits per heavy atom. The number of ether oxygens (including phenoxy) is 1. The molecule has 0 rings (SSSR count). The second kappa shape index (κ2) is 15.8. The molecule has 0 saturated carbocycles. The number of nitrogens with zero attached hydrogens (tertiary/aromatic N) is 1. The van der Waals surface area contributed by atoms with Gasteiger partial charge in [0.15, 0.2) is 0 Å². The SMILES string of the molecule is CCCCCCCCCCCCN(CCO)C(=O)CC(=O)OC. The Balaban J connectivity index is 3.68. The maximum Gasteiger partial charge on any atom is 0.315 e. The van der Waals surface area contributed by atoms with Crippen molar-refractivity contribution in [3.63, 3.8) is 0 Å². The van der Waals surface area contributed by atoms with E-state index in [1.807, 2.05) is 0 Å². The minimum absolute atomic E-state index is 0.0787. The van der Waals surface area contributed by atoms with Crippen LogP contribution in [0.25, 0.3) is 0 Å². The molecule has 0 aliphatic carbocycles. The number of esters is 1. The normalized spacial score (nSPS) is 10.6. The second-order valence-electron chi connectivity index (χ2n) is 6.04. The molecule has 0 saturated heterocycles. The van der Waals surface area contributed by atoms with E-state index in [0.29, 0.717) is 6.54 Å². The van der Waals surface area contributed by atoms with Gasteiger partial charge >= 0.3 is 5.97 Å². The van der Waals surface area contributed by atoms with Crippen molar-refractivity contribution >= 4 is 11.9 Å². The van der Waals surface area contributed by atoms with Crippen molar-refractivity contribution in [1.82, 2.24) is 4.90 Å². The molecule has 0 aromatic carbocycles. The van der Waals surface area contributed by atoms with Crippen LogP contribution in [-0.4, -0.2) is 48.7 Å². The van der Waals surface area contributed by atoms with Gasteiger partial charge in [0, 0.05) is 13.1 Å². The average molecular weight is 329 g/mol. The molecule has 136 valence electrons. The fraction of sp³-hybridized carbons (Fsp3) is 0.889. The van der Waals surface area contributed by atoms with Crippen LogP contribution in [0.5, 0.6) is 0 Å². The predicted molar refractivity (Wildman–Crippen MR) is 92.1 cm³/mol. The van der Waals surface area contributed by atoms with E-state index in [1.165, 1.54) is 58.5 Å². The van der Waals surface area contributed by atoms with Gasteiger partial charge in [0.1, 0.15) is 6.42 Å². The van der Waals surface area contributed by atoms with Crippen molar-refractivity contribution in [3.05, 3.63) is 0 Å². The summed E-state index contributed by atoms with van der Waals surface area (Å²) in [5, 5.41) is 9.03. The average Bonchev–Trinajstić information content (AvgIpc) is 2.55. The van der Waals surface area contributed by atoms with Gasteiger partial charge in [-0.15, -0.1) is 0 Å². The summed E-state index contributed by atoms with van der Waals surface area (Å²) in [6.45, 7) is 3.04. The van der Waals surface area contributed by atoms with Crippen LogP contribution in [0.15, 0.2) is 0 Å². The fourth-order valence-corrected chi connectivity index (χ4v) is 2.58. The quantitative estimate of drug-likeness (QED) is 0.284. The van der Waals surface area contributed by atoms with Gasteiger partial charge in [-0.25, -0.2) is 0 Å². The predicted octanol–water partition coefficient (Wildman–Crippen LogP) is 3.29. The molecular weight excluding hydrogens is 294 g/mol. The Kier molecular flexibility index (Phi) is 15.0. The summed E-state index contributed by atoms with van der Waals surface area (Å²) in [6.07, 6.45) is 12.2. The number of hydrogen-bond acceptors (Lipinski definition) is 4. The van der Waals surface area contributed by atoms with Crippen LogP contribution < -0.4 is 0 Å². The number of carbonyl (C=O) groups excluding carboxylic acids is 2. The van der Waals surface area contributed by atoms with Crippen molar-refractivity contribution in [2.75, 3.05) is 26.8 Å². The maximum atomic E-state index is 11.9. The minimum Gasteiger partial charge on any atom is -0.469 e. The molecule has 0 unspecified atom stereocenters. The lowest BCUT2D eigenvalue weighted by Crippen LogP contribution is -2.35. The van der Waals surface area contributed by atoms with Gasteiger partial charge in [0.25, 0.3) is 0 Å². The lowest BCUT2D eigenvalue weighted by molar-refractivity contribution is -0.147. The van der Waals surface area contributed by atoms with E-state index in [1.54, 1.807) is 4.90 Å². The number of hydrogen-bond donors (Lipinski definition) is 1. The van der Waals surface area contributed by atoms with Crippen LogP contribution in [0.4, 0.5) is 0 Å². The smallest absolute Gasteiger partial charge is 0.315 e. The number of methoxy groups -OCH3 is 1. The first kappa shape index (κ1) is 21.9. The molecule has 0 bridgehead atoms. The molecule has 0 aromatic rings. The largest absolute Gasteiger partial charge is 0.469 e. The number of amides is 1. The molecule has 1 N–H and O–H groups in total. The first-order chi connectivity index (χ1) is 11.2. The van der Waals surface area contributed by atoms with Crippen LogP contribution in [-0.2, 0) is 14.3 Å². The fourth-order valence-electron chi connectivity index (χ4n) is 2.58. The van der Waals surface area contributed by atoms with Gasteiger partial charge in [-0.3, -0.25) is 9.59 Å².